The third-order valence-corrected chi connectivity index (χ3v) is 1.46. The standard InChI is InChI=1S/C6H14NO2P/c1-4(2)9-6(8)5(3)7-10/h4-5,7H,10H2,1-3H3. The first-order chi connectivity index (χ1) is 4.57. The first-order valence-electron chi connectivity index (χ1n) is 3.24. The number of hydrogen-bond donors (Lipinski definition) is 1. The molecule has 0 amide bonds. The minimum absolute atomic E-state index is 0.0340. The van der Waals surface area contributed by atoms with E-state index in [2.05, 4.69) is 14.5 Å². The molecule has 0 radical (unpaired) electrons. The van der Waals surface area contributed by atoms with Gasteiger partial charge in [0.15, 0.2) is 0 Å². The van der Waals surface area contributed by atoms with Crippen LogP contribution in [0.15, 0.2) is 0 Å². The molecule has 0 heterocycles. The van der Waals surface area contributed by atoms with Crippen LogP contribution in [0, 0.1) is 0 Å². The SMILES string of the molecule is CC(C)OC(=O)C(C)NP. The highest BCUT2D eigenvalue weighted by molar-refractivity contribution is 7.13. The number of ether oxygens (including phenoxy) is 1. The molecular weight excluding hydrogens is 149 g/mol. The Labute approximate surface area is 63.8 Å². The second-order valence-corrected chi connectivity index (χ2v) is 2.71. The fraction of sp³-hybridized carbons (Fsp3) is 0.833. The zero-order valence-electron chi connectivity index (χ0n) is 6.55. The van der Waals surface area contributed by atoms with Crippen molar-refractivity contribution in [1.82, 2.24) is 5.09 Å². The molecule has 4 heteroatoms. The lowest BCUT2D eigenvalue weighted by Gasteiger charge is -2.12. The van der Waals surface area contributed by atoms with Gasteiger partial charge in [0.05, 0.1) is 6.10 Å². The highest BCUT2D eigenvalue weighted by atomic mass is 31.0. The molecule has 0 aromatic heterocycles. The van der Waals surface area contributed by atoms with E-state index in [0.717, 1.165) is 0 Å². The maximum Gasteiger partial charge on any atom is 0.323 e. The first kappa shape index (κ1) is 9.86. The van der Waals surface area contributed by atoms with Crippen molar-refractivity contribution >= 4 is 15.4 Å². The lowest BCUT2D eigenvalue weighted by atomic mass is 10.4. The van der Waals surface area contributed by atoms with Gasteiger partial charge < -0.3 is 4.74 Å². The summed E-state index contributed by atoms with van der Waals surface area (Å²) in [6.45, 7) is 5.40. The zero-order chi connectivity index (χ0) is 8.15. The van der Waals surface area contributed by atoms with Crippen LogP contribution >= 0.6 is 9.39 Å². The molecule has 0 aromatic rings. The van der Waals surface area contributed by atoms with Gasteiger partial charge in [-0.2, -0.15) is 0 Å². The smallest absolute Gasteiger partial charge is 0.323 e. The summed E-state index contributed by atoms with van der Waals surface area (Å²) in [6, 6.07) is -0.243. The number of esters is 1. The van der Waals surface area contributed by atoms with Crippen molar-refractivity contribution in [3.8, 4) is 0 Å². The van der Waals surface area contributed by atoms with E-state index in [9.17, 15) is 4.79 Å². The predicted molar refractivity (Wildman–Crippen MR) is 43.5 cm³/mol. The topological polar surface area (TPSA) is 38.3 Å². The maximum atomic E-state index is 10.9. The fourth-order valence-electron chi connectivity index (χ4n) is 0.402. The molecule has 0 spiro atoms. The second-order valence-electron chi connectivity index (χ2n) is 2.37. The third-order valence-electron chi connectivity index (χ3n) is 0.955. The van der Waals surface area contributed by atoms with Gasteiger partial charge in [-0.05, 0) is 20.8 Å². The summed E-state index contributed by atoms with van der Waals surface area (Å²) < 4.78 is 4.89. The summed E-state index contributed by atoms with van der Waals surface area (Å²) in [5.74, 6) is -0.218. The largest absolute Gasteiger partial charge is 0.462 e. The van der Waals surface area contributed by atoms with Crippen LogP contribution in [0.5, 0.6) is 0 Å². The van der Waals surface area contributed by atoms with Gasteiger partial charge in [0.1, 0.15) is 6.04 Å². The first-order valence-corrected chi connectivity index (χ1v) is 3.82. The van der Waals surface area contributed by atoms with E-state index in [0.29, 0.717) is 0 Å². The molecule has 0 bridgehead atoms. The zero-order valence-corrected chi connectivity index (χ0v) is 7.70. The average Bonchev–Trinajstić information content (AvgIpc) is 1.85. The van der Waals surface area contributed by atoms with Gasteiger partial charge >= 0.3 is 5.97 Å². The van der Waals surface area contributed by atoms with Gasteiger partial charge in [0.25, 0.3) is 0 Å². The van der Waals surface area contributed by atoms with E-state index in [1.54, 1.807) is 6.92 Å². The summed E-state index contributed by atoms with van der Waals surface area (Å²) in [5, 5.41) is 2.71. The lowest BCUT2D eigenvalue weighted by molar-refractivity contribution is -0.148. The normalized spacial score (nSPS) is 13.3. The number of hydrogen-bond acceptors (Lipinski definition) is 3. The number of carbonyl (C=O) groups is 1. The van der Waals surface area contributed by atoms with Gasteiger partial charge in [-0.1, -0.05) is 9.39 Å². The summed E-state index contributed by atoms with van der Waals surface area (Å²) in [4.78, 5) is 10.9. The Hall–Kier alpha value is -0.140. The molecule has 0 saturated heterocycles. The van der Waals surface area contributed by atoms with Crippen LogP contribution in [-0.4, -0.2) is 18.1 Å². The molecule has 0 aliphatic rings. The molecule has 0 rings (SSSR count). The average molecular weight is 163 g/mol. The summed E-state index contributed by atoms with van der Waals surface area (Å²) >= 11 is 0. The molecule has 1 N–H and O–H groups in total. The fourth-order valence-corrected chi connectivity index (χ4v) is 0.538. The summed E-state index contributed by atoms with van der Waals surface area (Å²) in [6.07, 6.45) is -0.0340. The summed E-state index contributed by atoms with van der Waals surface area (Å²) in [7, 11) is 2.27. The van der Waals surface area contributed by atoms with Crippen molar-refractivity contribution in [2.45, 2.75) is 32.9 Å². The van der Waals surface area contributed by atoms with Crippen LogP contribution in [0.25, 0.3) is 0 Å². The highest BCUT2D eigenvalue weighted by Crippen LogP contribution is 1.94. The van der Waals surface area contributed by atoms with Gasteiger partial charge in [-0.25, -0.2) is 0 Å². The molecule has 10 heavy (non-hydrogen) atoms. The Morgan fingerprint density at radius 1 is 1.50 bits per heavy atom. The molecule has 2 unspecified atom stereocenters. The van der Waals surface area contributed by atoms with Gasteiger partial charge in [-0.15, -0.1) is 0 Å². The number of nitrogens with one attached hydrogen (secondary N) is 1. The van der Waals surface area contributed by atoms with Crippen molar-refractivity contribution in [3.63, 3.8) is 0 Å². The molecule has 0 aromatic carbocycles. The molecule has 0 fully saturated rings. The van der Waals surface area contributed by atoms with Crippen LogP contribution in [0.2, 0.25) is 0 Å². The van der Waals surface area contributed by atoms with Crippen molar-refractivity contribution in [2.75, 3.05) is 0 Å². The monoisotopic (exact) mass is 163 g/mol. The van der Waals surface area contributed by atoms with E-state index in [1.807, 2.05) is 13.8 Å². The van der Waals surface area contributed by atoms with E-state index in [1.165, 1.54) is 0 Å². The highest BCUT2D eigenvalue weighted by Gasteiger charge is 2.12. The lowest BCUT2D eigenvalue weighted by Crippen LogP contribution is -2.30. The van der Waals surface area contributed by atoms with E-state index < -0.39 is 0 Å². The third kappa shape index (κ3) is 3.80. The van der Waals surface area contributed by atoms with Crippen LogP contribution in [0.3, 0.4) is 0 Å². The molecule has 2 atom stereocenters. The number of rotatable bonds is 3. The Morgan fingerprint density at radius 2 is 2.00 bits per heavy atom. The van der Waals surface area contributed by atoms with Crippen LogP contribution in [-0.2, 0) is 9.53 Å². The Morgan fingerprint density at radius 3 is 2.30 bits per heavy atom. The van der Waals surface area contributed by atoms with Crippen molar-refractivity contribution < 1.29 is 9.53 Å². The Balaban J connectivity index is 3.62. The van der Waals surface area contributed by atoms with Gasteiger partial charge in [-0.3, -0.25) is 9.88 Å². The van der Waals surface area contributed by atoms with Crippen molar-refractivity contribution in [3.05, 3.63) is 0 Å². The molecule has 3 nitrogen and oxygen atoms in total. The van der Waals surface area contributed by atoms with Crippen LogP contribution in [0.1, 0.15) is 20.8 Å². The maximum absolute atomic E-state index is 10.9. The minimum Gasteiger partial charge on any atom is -0.462 e. The molecule has 60 valence electrons. The minimum atomic E-state index is -0.243. The van der Waals surface area contributed by atoms with Gasteiger partial charge in [0.2, 0.25) is 0 Å². The Kier molecular flexibility index (Phi) is 4.58. The van der Waals surface area contributed by atoms with Crippen LogP contribution in [0.4, 0.5) is 0 Å². The number of carbonyl (C=O) groups excluding carboxylic acids is 1. The van der Waals surface area contributed by atoms with Crippen molar-refractivity contribution in [2.24, 2.45) is 0 Å². The van der Waals surface area contributed by atoms with Gasteiger partial charge in [0, 0.05) is 0 Å². The van der Waals surface area contributed by atoms with E-state index in [-0.39, 0.29) is 18.1 Å². The molecule has 0 aliphatic heterocycles. The second kappa shape index (κ2) is 4.64. The molecular formula is C6H14NO2P. The van der Waals surface area contributed by atoms with E-state index >= 15 is 0 Å². The quantitative estimate of drug-likeness (QED) is 0.491. The Bertz CT molecular complexity index is 116. The van der Waals surface area contributed by atoms with E-state index in [4.69, 9.17) is 4.74 Å². The van der Waals surface area contributed by atoms with Crippen molar-refractivity contribution in [1.29, 1.82) is 0 Å². The predicted octanol–water partition coefficient (Wildman–Crippen LogP) is 0.706. The molecule has 0 aliphatic carbocycles. The van der Waals surface area contributed by atoms with Crippen LogP contribution < -0.4 is 5.09 Å². The summed E-state index contributed by atoms with van der Waals surface area (Å²) in [5.41, 5.74) is 0. The molecule has 0 saturated carbocycles.